The summed E-state index contributed by atoms with van der Waals surface area (Å²) in [5.41, 5.74) is 3.03. The first kappa shape index (κ1) is 24.8. The zero-order valence-electron chi connectivity index (χ0n) is 20.7. The fourth-order valence-corrected chi connectivity index (χ4v) is 4.10. The average molecular weight is 451 g/mol. The van der Waals surface area contributed by atoms with Crippen molar-refractivity contribution in [3.63, 3.8) is 0 Å². The van der Waals surface area contributed by atoms with Crippen molar-refractivity contribution in [2.45, 2.75) is 60.3 Å². The third kappa shape index (κ3) is 6.83. The summed E-state index contributed by atoms with van der Waals surface area (Å²) in [4.78, 5) is 27.8. The van der Waals surface area contributed by atoms with Crippen LogP contribution in [0.3, 0.4) is 0 Å². The van der Waals surface area contributed by atoms with E-state index < -0.39 is 5.41 Å². The van der Waals surface area contributed by atoms with E-state index in [1.165, 1.54) is 5.56 Å². The summed E-state index contributed by atoms with van der Waals surface area (Å²) in [7, 11) is 0. The number of carbonyl (C=O) groups is 2. The molecular formula is C28H38N2O3. The number of ether oxygens (including phenoxy) is 1. The number of nitrogens with zero attached hydrogens (tertiary/aromatic N) is 1. The van der Waals surface area contributed by atoms with E-state index in [0.717, 1.165) is 43.7 Å². The molecule has 1 aliphatic rings. The van der Waals surface area contributed by atoms with Crippen LogP contribution in [0.1, 0.15) is 67.9 Å². The largest absolute Gasteiger partial charge is 0.493 e. The molecule has 0 saturated carbocycles. The van der Waals surface area contributed by atoms with Gasteiger partial charge in [-0.2, -0.15) is 0 Å². The van der Waals surface area contributed by atoms with Gasteiger partial charge >= 0.3 is 0 Å². The van der Waals surface area contributed by atoms with Gasteiger partial charge in [0.05, 0.1) is 6.61 Å². The summed E-state index contributed by atoms with van der Waals surface area (Å²) in [6, 6.07) is 13.5. The van der Waals surface area contributed by atoms with Gasteiger partial charge in [0.2, 0.25) is 5.91 Å². The van der Waals surface area contributed by atoms with Crippen molar-refractivity contribution in [1.29, 1.82) is 0 Å². The molecule has 0 unspecified atom stereocenters. The monoisotopic (exact) mass is 450 g/mol. The molecule has 5 heteroatoms. The summed E-state index contributed by atoms with van der Waals surface area (Å²) in [5.74, 6) is 1.57. The zero-order valence-corrected chi connectivity index (χ0v) is 20.7. The molecule has 0 spiro atoms. The highest BCUT2D eigenvalue weighted by Gasteiger charge is 2.28. The minimum atomic E-state index is -0.548. The minimum Gasteiger partial charge on any atom is -0.493 e. The van der Waals surface area contributed by atoms with E-state index in [-0.39, 0.29) is 11.8 Å². The molecule has 1 heterocycles. The van der Waals surface area contributed by atoms with Crippen LogP contribution in [-0.4, -0.2) is 36.4 Å². The maximum absolute atomic E-state index is 13.0. The van der Waals surface area contributed by atoms with E-state index in [4.69, 9.17) is 4.74 Å². The predicted molar refractivity (Wildman–Crippen MR) is 134 cm³/mol. The lowest BCUT2D eigenvalue weighted by Gasteiger charge is -2.30. The van der Waals surface area contributed by atoms with Gasteiger partial charge in [0.1, 0.15) is 5.75 Å². The molecule has 2 amide bonds. The number of carbonyl (C=O) groups excluding carboxylic acids is 2. The van der Waals surface area contributed by atoms with Crippen LogP contribution in [0.5, 0.6) is 5.75 Å². The number of rotatable bonds is 8. The molecule has 2 aromatic carbocycles. The van der Waals surface area contributed by atoms with Crippen molar-refractivity contribution in [3.8, 4) is 5.75 Å². The van der Waals surface area contributed by atoms with Crippen molar-refractivity contribution in [1.82, 2.24) is 4.90 Å². The predicted octanol–water partition coefficient (Wildman–Crippen LogP) is 6.00. The number of hydrogen-bond donors (Lipinski definition) is 1. The summed E-state index contributed by atoms with van der Waals surface area (Å²) < 4.78 is 5.94. The molecule has 2 aromatic rings. The first-order valence-corrected chi connectivity index (χ1v) is 12.1. The highest BCUT2D eigenvalue weighted by molar-refractivity contribution is 5.98. The van der Waals surface area contributed by atoms with Crippen LogP contribution >= 0.6 is 0 Å². The van der Waals surface area contributed by atoms with Crippen molar-refractivity contribution >= 4 is 17.5 Å². The molecule has 1 fully saturated rings. The Kier molecular flexibility index (Phi) is 8.17. The number of nitrogens with one attached hydrogen (secondary N) is 1. The second kappa shape index (κ2) is 10.9. The molecule has 5 nitrogen and oxygen atoms in total. The molecule has 1 aliphatic heterocycles. The Balaban J connectivity index is 1.52. The van der Waals surface area contributed by atoms with Gasteiger partial charge in [0, 0.05) is 29.8 Å². The van der Waals surface area contributed by atoms with Gasteiger partial charge < -0.3 is 15.0 Å². The standard InChI is InChI=1S/C28H38N2O3/c1-20-12-15-30(16-13-20)26(31)23-8-6-9-24(19-23)29-27(32)28(4,5)14-7-17-33-25-18-21(2)10-11-22(25)3/h6,8-11,18-20H,7,12-17H2,1-5H3,(H,29,32). The topological polar surface area (TPSA) is 58.6 Å². The van der Waals surface area contributed by atoms with Gasteiger partial charge in [-0.1, -0.05) is 39.0 Å². The summed E-state index contributed by atoms with van der Waals surface area (Å²) in [6.45, 7) is 12.4. The maximum Gasteiger partial charge on any atom is 0.253 e. The van der Waals surface area contributed by atoms with Crippen molar-refractivity contribution < 1.29 is 14.3 Å². The molecule has 1 N–H and O–H groups in total. The van der Waals surface area contributed by atoms with Crippen LogP contribution in [0, 0.1) is 25.2 Å². The molecule has 178 valence electrons. The Morgan fingerprint density at radius 1 is 1.09 bits per heavy atom. The lowest BCUT2D eigenvalue weighted by molar-refractivity contribution is -0.124. The molecular weight excluding hydrogens is 412 g/mol. The smallest absolute Gasteiger partial charge is 0.253 e. The fourth-order valence-electron chi connectivity index (χ4n) is 4.10. The van der Waals surface area contributed by atoms with E-state index in [1.807, 2.05) is 49.9 Å². The molecule has 3 rings (SSSR count). The minimum absolute atomic E-state index is 0.0425. The molecule has 0 aliphatic carbocycles. The number of likely N-dealkylation sites (tertiary alicyclic amines) is 1. The van der Waals surface area contributed by atoms with Gasteiger partial charge in [0.25, 0.3) is 5.91 Å². The number of piperidine rings is 1. The number of amides is 2. The molecule has 0 radical (unpaired) electrons. The Bertz CT molecular complexity index is 975. The molecule has 0 bridgehead atoms. The SMILES string of the molecule is Cc1ccc(C)c(OCCCC(C)(C)C(=O)Nc2cccc(C(=O)N3CCC(C)CC3)c2)c1. The summed E-state index contributed by atoms with van der Waals surface area (Å²) in [6.07, 6.45) is 3.57. The average Bonchev–Trinajstić information content (AvgIpc) is 2.79. The zero-order chi connectivity index (χ0) is 24.0. The van der Waals surface area contributed by atoms with Crippen LogP contribution in [-0.2, 0) is 4.79 Å². The van der Waals surface area contributed by atoms with E-state index >= 15 is 0 Å². The third-order valence-corrected chi connectivity index (χ3v) is 6.60. The van der Waals surface area contributed by atoms with Gasteiger partial charge in [0.15, 0.2) is 0 Å². The van der Waals surface area contributed by atoms with Gasteiger partial charge in [-0.3, -0.25) is 9.59 Å². The highest BCUT2D eigenvalue weighted by atomic mass is 16.5. The third-order valence-electron chi connectivity index (χ3n) is 6.60. The van der Waals surface area contributed by atoms with Crippen molar-refractivity contribution in [2.75, 3.05) is 25.0 Å². The fraction of sp³-hybridized carbons (Fsp3) is 0.500. The molecule has 1 saturated heterocycles. The Morgan fingerprint density at radius 3 is 2.55 bits per heavy atom. The van der Waals surface area contributed by atoms with Gasteiger partial charge in [-0.25, -0.2) is 0 Å². The van der Waals surface area contributed by atoms with E-state index in [9.17, 15) is 9.59 Å². The highest BCUT2D eigenvalue weighted by Crippen LogP contribution is 2.26. The lowest BCUT2D eigenvalue weighted by Crippen LogP contribution is -2.38. The molecule has 0 atom stereocenters. The number of aryl methyl sites for hydroxylation is 2. The van der Waals surface area contributed by atoms with Gasteiger partial charge in [-0.15, -0.1) is 0 Å². The second-order valence-corrected chi connectivity index (χ2v) is 10.1. The lowest BCUT2D eigenvalue weighted by atomic mass is 9.87. The van der Waals surface area contributed by atoms with E-state index in [0.29, 0.717) is 30.2 Å². The number of anilines is 1. The first-order chi connectivity index (χ1) is 15.7. The summed E-state index contributed by atoms with van der Waals surface area (Å²) >= 11 is 0. The Hall–Kier alpha value is -2.82. The van der Waals surface area contributed by atoms with Crippen molar-refractivity contribution in [3.05, 3.63) is 59.2 Å². The normalized spacial score (nSPS) is 14.8. The Labute approximate surface area is 198 Å². The quantitative estimate of drug-likeness (QED) is 0.502. The van der Waals surface area contributed by atoms with Crippen LogP contribution in [0.25, 0.3) is 0 Å². The molecule has 0 aromatic heterocycles. The second-order valence-electron chi connectivity index (χ2n) is 10.1. The van der Waals surface area contributed by atoms with Crippen LogP contribution < -0.4 is 10.1 Å². The van der Waals surface area contributed by atoms with Crippen LogP contribution in [0.15, 0.2) is 42.5 Å². The van der Waals surface area contributed by atoms with Gasteiger partial charge in [-0.05, 0) is 80.8 Å². The van der Waals surface area contributed by atoms with E-state index in [1.54, 1.807) is 6.07 Å². The van der Waals surface area contributed by atoms with Crippen molar-refractivity contribution in [2.24, 2.45) is 11.3 Å². The number of hydrogen-bond acceptors (Lipinski definition) is 3. The van der Waals surface area contributed by atoms with Crippen LogP contribution in [0.2, 0.25) is 0 Å². The van der Waals surface area contributed by atoms with E-state index in [2.05, 4.69) is 31.3 Å². The maximum atomic E-state index is 13.0. The Morgan fingerprint density at radius 2 is 1.82 bits per heavy atom. The first-order valence-electron chi connectivity index (χ1n) is 12.1. The molecule has 33 heavy (non-hydrogen) atoms. The van der Waals surface area contributed by atoms with Crippen LogP contribution in [0.4, 0.5) is 5.69 Å². The summed E-state index contributed by atoms with van der Waals surface area (Å²) in [5, 5.41) is 3.01. The number of benzene rings is 2.